The van der Waals surface area contributed by atoms with Crippen molar-refractivity contribution >= 4 is 5.91 Å². The highest BCUT2D eigenvalue weighted by molar-refractivity contribution is 5.78. The average molecular weight is 439 g/mol. The van der Waals surface area contributed by atoms with Crippen molar-refractivity contribution in [3.05, 3.63) is 59.7 Å². The number of carbonyl (C=O) groups excluding carboxylic acids is 1. The van der Waals surface area contributed by atoms with Gasteiger partial charge in [-0.25, -0.2) is 0 Å². The summed E-state index contributed by atoms with van der Waals surface area (Å²) in [5.74, 6) is 2.33. The number of hydrogen-bond acceptors (Lipinski definition) is 5. The Bertz CT molecular complexity index is 882. The van der Waals surface area contributed by atoms with Crippen LogP contribution >= 0.6 is 0 Å². The van der Waals surface area contributed by atoms with Gasteiger partial charge in [-0.1, -0.05) is 38.1 Å². The van der Waals surface area contributed by atoms with Crippen LogP contribution in [0.4, 0.5) is 0 Å². The molecule has 6 nitrogen and oxygen atoms in total. The zero-order valence-electron chi connectivity index (χ0n) is 19.1. The lowest BCUT2D eigenvalue weighted by molar-refractivity contribution is -0.128. The predicted octanol–water partition coefficient (Wildman–Crippen LogP) is 3.44. The molecule has 2 saturated heterocycles. The number of β-amino-alcohol motifs (C(OH)–C–C–N with tert-alkyl or cyclic N) is 1. The molecule has 0 saturated carbocycles. The fourth-order valence-electron chi connectivity index (χ4n) is 4.35. The van der Waals surface area contributed by atoms with Crippen LogP contribution in [0.25, 0.3) is 0 Å². The van der Waals surface area contributed by atoms with Gasteiger partial charge >= 0.3 is 0 Å². The van der Waals surface area contributed by atoms with Crippen LogP contribution in [-0.4, -0.2) is 65.8 Å². The zero-order valence-corrected chi connectivity index (χ0v) is 19.1. The molecule has 0 spiro atoms. The summed E-state index contributed by atoms with van der Waals surface area (Å²) in [4.78, 5) is 15.7. The van der Waals surface area contributed by atoms with Gasteiger partial charge in [0.1, 0.15) is 30.3 Å². The lowest BCUT2D eigenvalue weighted by Gasteiger charge is -2.18. The number of nitrogens with zero attached hydrogens (tertiary/aromatic N) is 2. The third kappa shape index (κ3) is 5.81. The summed E-state index contributed by atoms with van der Waals surface area (Å²) in [5.41, 5.74) is 2.45. The molecule has 1 N–H and O–H groups in total. The van der Waals surface area contributed by atoms with E-state index in [4.69, 9.17) is 9.47 Å². The maximum absolute atomic E-state index is 11.7. The summed E-state index contributed by atoms with van der Waals surface area (Å²) in [5, 5.41) is 10.5. The molecule has 2 fully saturated rings. The summed E-state index contributed by atoms with van der Waals surface area (Å²) in [6, 6.07) is 16.2. The van der Waals surface area contributed by atoms with Gasteiger partial charge in [0.05, 0.1) is 6.54 Å². The van der Waals surface area contributed by atoms with E-state index in [0.29, 0.717) is 38.6 Å². The van der Waals surface area contributed by atoms with Crippen LogP contribution in [0.1, 0.15) is 43.7 Å². The van der Waals surface area contributed by atoms with Gasteiger partial charge < -0.3 is 19.5 Å². The Balaban J connectivity index is 1.23. The number of carbonyl (C=O) groups is 1. The SMILES string of the molecule is CC(C)c1ccc(O[C@H]2CN(Cc3ccc(OCCN4CCCC4=O)cc3)C[C@@H]2O)cc1. The zero-order chi connectivity index (χ0) is 22.5. The van der Waals surface area contributed by atoms with Crippen LogP contribution in [0.5, 0.6) is 11.5 Å². The fraction of sp³-hybridized carbons (Fsp3) is 0.500. The number of ether oxygens (including phenoxy) is 2. The van der Waals surface area contributed by atoms with Crippen LogP contribution < -0.4 is 9.47 Å². The number of aliphatic hydroxyl groups excluding tert-OH is 1. The van der Waals surface area contributed by atoms with E-state index in [1.807, 2.05) is 29.2 Å². The average Bonchev–Trinajstić information content (AvgIpc) is 3.34. The fourth-order valence-corrected chi connectivity index (χ4v) is 4.35. The lowest BCUT2D eigenvalue weighted by Crippen LogP contribution is -2.29. The Morgan fingerprint density at radius 2 is 1.75 bits per heavy atom. The van der Waals surface area contributed by atoms with E-state index in [0.717, 1.165) is 31.0 Å². The first kappa shape index (κ1) is 22.6. The third-order valence-electron chi connectivity index (χ3n) is 6.28. The molecular weight excluding hydrogens is 404 g/mol. The summed E-state index contributed by atoms with van der Waals surface area (Å²) in [7, 11) is 0. The van der Waals surface area contributed by atoms with Gasteiger partial charge in [0.15, 0.2) is 0 Å². The molecule has 2 aromatic carbocycles. The number of hydrogen-bond donors (Lipinski definition) is 1. The molecule has 32 heavy (non-hydrogen) atoms. The molecule has 2 aliphatic rings. The second-order valence-electron chi connectivity index (χ2n) is 9.12. The molecule has 0 unspecified atom stereocenters. The molecule has 2 heterocycles. The quantitative estimate of drug-likeness (QED) is 0.650. The van der Waals surface area contributed by atoms with Gasteiger partial charge in [-0.3, -0.25) is 9.69 Å². The van der Waals surface area contributed by atoms with Crippen LogP contribution in [0, 0.1) is 0 Å². The van der Waals surface area contributed by atoms with Gasteiger partial charge in [-0.15, -0.1) is 0 Å². The second kappa shape index (κ2) is 10.4. The number of amides is 1. The molecular formula is C26H34N2O4. The van der Waals surface area contributed by atoms with Crippen molar-refractivity contribution < 1.29 is 19.4 Å². The smallest absolute Gasteiger partial charge is 0.222 e. The first-order valence-corrected chi connectivity index (χ1v) is 11.6. The summed E-state index contributed by atoms with van der Waals surface area (Å²) in [6.45, 7) is 8.39. The van der Waals surface area contributed by atoms with Crippen molar-refractivity contribution in [2.75, 3.05) is 32.8 Å². The number of likely N-dealkylation sites (tertiary alicyclic amines) is 2. The number of benzene rings is 2. The van der Waals surface area contributed by atoms with E-state index < -0.39 is 6.10 Å². The Morgan fingerprint density at radius 1 is 1.03 bits per heavy atom. The first-order valence-electron chi connectivity index (χ1n) is 11.6. The molecule has 172 valence electrons. The first-order chi connectivity index (χ1) is 15.5. The highest BCUT2D eigenvalue weighted by Crippen LogP contribution is 2.23. The van der Waals surface area contributed by atoms with Crippen molar-refractivity contribution in [2.45, 2.75) is 51.4 Å². The monoisotopic (exact) mass is 438 g/mol. The van der Waals surface area contributed by atoms with Crippen LogP contribution in [-0.2, 0) is 11.3 Å². The van der Waals surface area contributed by atoms with Crippen LogP contribution in [0.15, 0.2) is 48.5 Å². The predicted molar refractivity (Wildman–Crippen MR) is 124 cm³/mol. The van der Waals surface area contributed by atoms with Crippen molar-refractivity contribution in [2.24, 2.45) is 0 Å². The largest absolute Gasteiger partial charge is 0.492 e. The molecule has 0 radical (unpaired) electrons. The highest BCUT2D eigenvalue weighted by Gasteiger charge is 2.33. The van der Waals surface area contributed by atoms with E-state index in [2.05, 4.69) is 43.0 Å². The summed E-state index contributed by atoms with van der Waals surface area (Å²) >= 11 is 0. The van der Waals surface area contributed by atoms with E-state index in [9.17, 15) is 9.90 Å². The summed E-state index contributed by atoms with van der Waals surface area (Å²) in [6.07, 6.45) is 0.886. The standard InChI is InChI=1S/C26H34N2O4/c1-19(2)21-7-11-23(12-8-21)32-25-18-27(17-24(25)29)16-20-5-9-22(10-6-20)31-15-14-28-13-3-4-26(28)30/h5-12,19,24-25,29H,3-4,13-18H2,1-2H3/t24-,25-/m0/s1. The number of aliphatic hydroxyl groups is 1. The molecule has 0 bridgehead atoms. The Morgan fingerprint density at radius 3 is 2.41 bits per heavy atom. The van der Waals surface area contributed by atoms with Crippen molar-refractivity contribution in [3.63, 3.8) is 0 Å². The van der Waals surface area contributed by atoms with E-state index in [-0.39, 0.29) is 12.0 Å². The van der Waals surface area contributed by atoms with Crippen molar-refractivity contribution in [1.82, 2.24) is 9.80 Å². The molecule has 2 atom stereocenters. The van der Waals surface area contributed by atoms with Gasteiger partial charge in [-0.2, -0.15) is 0 Å². The van der Waals surface area contributed by atoms with Crippen LogP contribution in [0.3, 0.4) is 0 Å². The van der Waals surface area contributed by atoms with E-state index >= 15 is 0 Å². The van der Waals surface area contributed by atoms with Crippen molar-refractivity contribution in [3.8, 4) is 11.5 Å². The maximum Gasteiger partial charge on any atom is 0.222 e. The highest BCUT2D eigenvalue weighted by atomic mass is 16.5. The molecule has 4 rings (SSSR count). The molecule has 1 amide bonds. The molecule has 0 aromatic heterocycles. The molecule has 6 heteroatoms. The molecule has 2 aliphatic heterocycles. The Hall–Kier alpha value is -2.57. The van der Waals surface area contributed by atoms with E-state index in [1.165, 1.54) is 11.1 Å². The third-order valence-corrected chi connectivity index (χ3v) is 6.28. The van der Waals surface area contributed by atoms with E-state index in [1.54, 1.807) is 0 Å². The Kier molecular flexibility index (Phi) is 7.33. The lowest BCUT2D eigenvalue weighted by atomic mass is 10.0. The maximum atomic E-state index is 11.7. The minimum Gasteiger partial charge on any atom is -0.492 e. The van der Waals surface area contributed by atoms with Gasteiger partial charge in [0.25, 0.3) is 0 Å². The van der Waals surface area contributed by atoms with Gasteiger partial charge in [-0.05, 0) is 47.7 Å². The number of rotatable bonds is 9. The molecule has 0 aliphatic carbocycles. The Labute approximate surface area is 190 Å². The van der Waals surface area contributed by atoms with Crippen molar-refractivity contribution in [1.29, 1.82) is 0 Å². The summed E-state index contributed by atoms with van der Waals surface area (Å²) < 4.78 is 11.9. The van der Waals surface area contributed by atoms with Crippen LogP contribution in [0.2, 0.25) is 0 Å². The minimum atomic E-state index is -0.504. The van der Waals surface area contributed by atoms with Gasteiger partial charge in [0, 0.05) is 32.6 Å². The molecule has 2 aromatic rings. The topological polar surface area (TPSA) is 62.2 Å². The second-order valence-corrected chi connectivity index (χ2v) is 9.12. The minimum absolute atomic E-state index is 0.226. The normalized spacial score (nSPS) is 21.5. The van der Waals surface area contributed by atoms with Gasteiger partial charge in [0.2, 0.25) is 5.91 Å².